The lowest BCUT2D eigenvalue weighted by Gasteiger charge is -2.19. The Morgan fingerprint density at radius 2 is 2.17 bits per heavy atom. The van der Waals surface area contributed by atoms with Gasteiger partial charge in [0.15, 0.2) is 11.8 Å². The number of halogens is 1. The SMILES string of the molecule is Cc1cccc(OC(C)CNC(=NCc2nnc(C)n2C)NCC2CCCO2)c1.I. The molecule has 2 N–H and O–H groups in total. The maximum absolute atomic E-state index is 6.01. The van der Waals surface area contributed by atoms with E-state index in [0.717, 1.165) is 49.4 Å². The third kappa shape index (κ3) is 7.42. The number of benzene rings is 1. The molecule has 1 aromatic carbocycles. The molecule has 0 amide bonds. The lowest BCUT2D eigenvalue weighted by molar-refractivity contribution is 0.113. The molecule has 3 rings (SSSR count). The fourth-order valence-corrected chi connectivity index (χ4v) is 3.13. The summed E-state index contributed by atoms with van der Waals surface area (Å²) in [4.78, 5) is 4.68. The molecular formula is C21H33IN6O2. The van der Waals surface area contributed by atoms with Crippen LogP contribution in [0.1, 0.15) is 37.0 Å². The molecule has 2 aromatic rings. The fourth-order valence-electron chi connectivity index (χ4n) is 3.13. The predicted octanol–water partition coefficient (Wildman–Crippen LogP) is 2.73. The molecule has 0 spiro atoms. The highest BCUT2D eigenvalue weighted by Crippen LogP contribution is 2.14. The molecule has 1 aliphatic rings. The van der Waals surface area contributed by atoms with Gasteiger partial charge in [-0.1, -0.05) is 12.1 Å². The molecule has 1 saturated heterocycles. The van der Waals surface area contributed by atoms with E-state index >= 15 is 0 Å². The van der Waals surface area contributed by atoms with E-state index in [1.807, 2.05) is 43.7 Å². The number of nitrogens with one attached hydrogen (secondary N) is 2. The van der Waals surface area contributed by atoms with Gasteiger partial charge in [-0.2, -0.15) is 0 Å². The van der Waals surface area contributed by atoms with Gasteiger partial charge in [0, 0.05) is 20.2 Å². The first-order valence-electron chi connectivity index (χ1n) is 10.2. The number of hydrogen-bond acceptors (Lipinski definition) is 5. The van der Waals surface area contributed by atoms with Crippen molar-refractivity contribution >= 4 is 29.9 Å². The third-order valence-corrected chi connectivity index (χ3v) is 4.97. The number of rotatable bonds is 8. The first-order valence-corrected chi connectivity index (χ1v) is 10.2. The molecule has 1 aliphatic heterocycles. The van der Waals surface area contributed by atoms with E-state index in [2.05, 4.69) is 38.8 Å². The fraction of sp³-hybridized carbons (Fsp3) is 0.571. The Balaban J connectivity index is 0.00000320. The van der Waals surface area contributed by atoms with Crippen LogP contribution in [-0.4, -0.2) is 52.6 Å². The van der Waals surface area contributed by atoms with Crippen LogP contribution < -0.4 is 15.4 Å². The van der Waals surface area contributed by atoms with Crippen LogP contribution in [0.4, 0.5) is 0 Å². The normalized spacial score (nSPS) is 17.3. The molecule has 0 bridgehead atoms. The summed E-state index contributed by atoms with van der Waals surface area (Å²) in [6.45, 7) is 8.68. The van der Waals surface area contributed by atoms with Crippen LogP contribution in [0.25, 0.3) is 0 Å². The van der Waals surface area contributed by atoms with Crippen molar-refractivity contribution in [2.75, 3.05) is 19.7 Å². The van der Waals surface area contributed by atoms with Gasteiger partial charge in [-0.15, -0.1) is 34.2 Å². The standard InChI is InChI=1S/C21H32N6O2.HI/c1-15-7-5-8-18(11-15)29-16(2)12-22-21(23-13-19-9-6-10-28-19)24-14-20-26-25-17(3)27(20)4;/h5,7-8,11,16,19H,6,9-10,12-14H2,1-4H3,(H2,22,23,24);1H. The molecule has 1 aromatic heterocycles. The number of hydrogen-bond donors (Lipinski definition) is 2. The van der Waals surface area contributed by atoms with E-state index in [9.17, 15) is 0 Å². The Kier molecular flexibility index (Phi) is 9.83. The number of ether oxygens (including phenoxy) is 2. The maximum atomic E-state index is 6.01. The highest BCUT2D eigenvalue weighted by Gasteiger charge is 2.16. The van der Waals surface area contributed by atoms with E-state index in [1.54, 1.807) is 0 Å². The summed E-state index contributed by atoms with van der Waals surface area (Å²) in [5.41, 5.74) is 1.18. The minimum Gasteiger partial charge on any atom is -0.489 e. The average molecular weight is 528 g/mol. The van der Waals surface area contributed by atoms with Crippen molar-refractivity contribution in [1.29, 1.82) is 0 Å². The molecular weight excluding hydrogens is 495 g/mol. The number of nitrogens with zero attached hydrogens (tertiary/aromatic N) is 4. The smallest absolute Gasteiger partial charge is 0.191 e. The highest BCUT2D eigenvalue weighted by molar-refractivity contribution is 14.0. The van der Waals surface area contributed by atoms with E-state index in [1.165, 1.54) is 5.56 Å². The Morgan fingerprint density at radius 3 is 2.83 bits per heavy atom. The zero-order valence-corrected chi connectivity index (χ0v) is 20.6. The second kappa shape index (κ2) is 12.1. The summed E-state index contributed by atoms with van der Waals surface area (Å²) in [7, 11) is 1.95. The van der Waals surface area contributed by atoms with Gasteiger partial charge in [-0.05, 0) is 51.3 Å². The Bertz CT molecular complexity index is 820. The summed E-state index contributed by atoms with van der Waals surface area (Å²) in [5.74, 6) is 3.29. The zero-order chi connectivity index (χ0) is 20.6. The Morgan fingerprint density at radius 1 is 1.33 bits per heavy atom. The lowest BCUT2D eigenvalue weighted by Crippen LogP contribution is -2.44. The van der Waals surface area contributed by atoms with Gasteiger partial charge in [0.25, 0.3) is 0 Å². The number of aromatic nitrogens is 3. The van der Waals surface area contributed by atoms with Crippen molar-refractivity contribution in [3.05, 3.63) is 41.5 Å². The van der Waals surface area contributed by atoms with Crippen molar-refractivity contribution in [1.82, 2.24) is 25.4 Å². The molecule has 0 radical (unpaired) electrons. The minimum atomic E-state index is -0.0106. The summed E-state index contributed by atoms with van der Waals surface area (Å²) >= 11 is 0. The van der Waals surface area contributed by atoms with Crippen molar-refractivity contribution < 1.29 is 9.47 Å². The molecule has 2 unspecified atom stereocenters. The van der Waals surface area contributed by atoms with Crippen molar-refractivity contribution in [2.24, 2.45) is 12.0 Å². The summed E-state index contributed by atoms with van der Waals surface area (Å²) < 4.78 is 13.7. The molecule has 0 saturated carbocycles. The molecule has 166 valence electrons. The Labute approximate surface area is 195 Å². The number of aliphatic imine (C=N–C) groups is 1. The average Bonchev–Trinajstić information content (AvgIpc) is 3.32. The van der Waals surface area contributed by atoms with Crippen LogP contribution in [0.5, 0.6) is 5.75 Å². The van der Waals surface area contributed by atoms with Gasteiger partial charge in [-0.3, -0.25) is 0 Å². The third-order valence-electron chi connectivity index (χ3n) is 4.97. The monoisotopic (exact) mass is 528 g/mol. The van der Waals surface area contributed by atoms with Gasteiger partial charge < -0.3 is 24.7 Å². The van der Waals surface area contributed by atoms with Gasteiger partial charge in [0.1, 0.15) is 24.2 Å². The van der Waals surface area contributed by atoms with Crippen LogP contribution in [0.3, 0.4) is 0 Å². The van der Waals surface area contributed by atoms with Crippen LogP contribution in [0.2, 0.25) is 0 Å². The van der Waals surface area contributed by atoms with Crippen LogP contribution in [0, 0.1) is 13.8 Å². The maximum Gasteiger partial charge on any atom is 0.191 e. The van der Waals surface area contributed by atoms with Gasteiger partial charge in [0.05, 0.1) is 12.6 Å². The van der Waals surface area contributed by atoms with Gasteiger partial charge >= 0.3 is 0 Å². The van der Waals surface area contributed by atoms with Gasteiger partial charge in [-0.25, -0.2) is 4.99 Å². The van der Waals surface area contributed by atoms with E-state index in [-0.39, 0.29) is 36.2 Å². The van der Waals surface area contributed by atoms with Crippen molar-refractivity contribution in [3.63, 3.8) is 0 Å². The molecule has 0 aliphatic carbocycles. The summed E-state index contributed by atoms with van der Waals surface area (Å²) in [6, 6.07) is 8.08. The molecule has 2 atom stereocenters. The molecule has 9 heteroatoms. The number of aryl methyl sites for hydroxylation is 2. The van der Waals surface area contributed by atoms with E-state index in [0.29, 0.717) is 13.1 Å². The topological polar surface area (TPSA) is 85.6 Å². The highest BCUT2D eigenvalue weighted by atomic mass is 127. The molecule has 2 heterocycles. The second-order valence-corrected chi connectivity index (χ2v) is 7.53. The van der Waals surface area contributed by atoms with Gasteiger partial charge in [0.2, 0.25) is 0 Å². The quantitative estimate of drug-likeness (QED) is 0.312. The second-order valence-electron chi connectivity index (χ2n) is 7.53. The molecule has 8 nitrogen and oxygen atoms in total. The van der Waals surface area contributed by atoms with Crippen LogP contribution in [-0.2, 0) is 18.3 Å². The lowest BCUT2D eigenvalue weighted by atomic mass is 10.2. The molecule has 1 fully saturated rings. The zero-order valence-electron chi connectivity index (χ0n) is 18.2. The van der Waals surface area contributed by atoms with Crippen molar-refractivity contribution in [2.45, 2.75) is 52.4 Å². The summed E-state index contributed by atoms with van der Waals surface area (Å²) in [6.07, 6.45) is 2.42. The van der Waals surface area contributed by atoms with E-state index < -0.39 is 0 Å². The molecule has 30 heavy (non-hydrogen) atoms. The minimum absolute atomic E-state index is 0. The first-order chi connectivity index (χ1) is 14.0. The van der Waals surface area contributed by atoms with Crippen LogP contribution in [0.15, 0.2) is 29.3 Å². The van der Waals surface area contributed by atoms with Crippen LogP contribution >= 0.6 is 24.0 Å². The summed E-state index contributed by atoms with van der Waals surface area (Å²) in [5, 5.41) is 15.0. The van der Waals surface area contributed by atoms with Crippen molar-refractivity contribution in [3.8, 4) is 5.75 Å². The largest absolute Gasteiger partial charge is 0.489 e. The Hall–Kier alpha value is -1.88. The number of guanidine groups is 1. The van der Waals surface area contributed by atoms with E-state index in [4.69, 9.17) is 9.47 Å². The first kappa shape index (κ1) is 24.4. The predicted molar refractivity (Wildman–Crippen MR) is 129 cm³/mol.